The molecule has 17 heavy (non-hydrogen) atoms. The van der Waals surface area contributed by atoms with Gasteiger partial charge in [0.05, 0.1) is 18.2 Å². The van der Waals surface area contributed by atoms with E-state index in [-0.39, 0.29) is 0 Å². The van der Waals surface area contributed by atoms with E-state index in [9.17, 15) is 0 Å². The molecule has 0 spiro atoms. The van der Waals surface area contributed by atoms with Gasteiger partial charge in [-0.25, -0.2) is 4.98 Å². The molecular formula is C13H19N3S. The number of nitrogens with two attached hydrogens (primary N) is 1. The summed E-state index contributed by atoms with van der Waals surface area (Å²) in [5.41, 5.74) is 8.30. The number of aromatic nitrogens is 2. The highest BCUT2D eigenvalue weighted by molar-refractivity contribution is 7.08. The second kappa shape index (κ2) is 5.98. The van der Waals surface area contributed by atoms with Crippen LogP contribution in [0.3, 0.4) is 0 Å². The van der Waals surface area contributed by atoms with E-state index in [0.29, 0.717) is 12.6 Å². The van der Waals surface area contributed by atoms with Crippen LogP contribution >= 0.6 is 11.3 Å². The summed E-state index contributed by atoms with van der Waals surface area (Å²) >= 11 is 1.71. The summed E-state index contributed by atoms with van der Waals surface area (Å²) in [7, 11) is 0. The Labute approximate surface area is 106 Å². The summed E-state index contributed by atoms with van der Waals surface area (Å²) < 4.78 is 2.22. The molecule has 2 rings (SSSR count). The molecule has 0 aliphatic heterocycles. The normalized spacial score (nSPS) is 12.8. The second-order valence-corrected chi connectivity index (χ2v) is 5.01. The Morgan fingerprint density at radius 3 is 3.06 bits per heavy atom. The number of imidazole rings is 1. The van der Waals surface area contributed by atoms with Gasteiger partial charge in [-0.05, 0) is 17.9 Å². The number of thiophene rings is 1. The molecule has 2 N–H and O–H groups in total. The van der Waals surface area contributed by atoms with E-state index >= 15 is 0 Å². The summed E-state index contributed by atoms with van der Waals surface area (Å²) in [6, 6.07) is 2.50. The van der Waals surface area contributed by atoms with Crippen LogP contribution in [0.15, 0.2) is 29.4 Å². The maximum absolute atomic E-state index is 5.88. The summed E-state index contributed by atoms with van der Waals surface area (Å²) in [4.78, 5) is 4.27. The van der Waals surface area contributed by atoms with Crippen molar-refractivity contribution in [2.45, 2.75) is 32.2 Å². The third kappa shape index (κ3) is 2.76. The zero-order chi connectivity index (χ0) is 12.1. The number of nitrogens with zero attached hydrogens (tertiary/aromatic N) is 2. The van der Waals surface area contributed by atoms with Crippen molar-refractivity contribution in [3.05, 3.63) is 29.4 Å². The van der Waals surface area contributed by atoms with Crippen LogP contribution in [0.5, 0.6) is 0 Å². The van der Waals surface area contributed by atoms with Gasteiger partial charge in [0.1, 0.15) is 0 Å². The highest BCUT2D eigenvalue weighted by Gasteiger charge is 2.13. The van der Waals surface area contributed by atoms with Gasteiger partial charge in [-0.2, -0.15) is 11.3 Å². The van der Waals surface area contributed by atoms with Gasteiger partial charge in [0.2, 0.25) is 0 Å². The third-order valence-corrected chi connectivity index (χ3v) is 3.72. The van der Waals surface area contributed by atoms with E-state index in [1.54, 1.807) is 11.3 Å². The minimum absolute atomic E-state index is 0.368. The van der Waals surface area contributed by atoms with Crippen LogP contribution in [-0.2, 0) is 0 Å². The predicted octanol–water partition coefficient (Wildman–Crippen LogP) is 3.30. The van der Waals surface area contributed by atoms with E-state index in [1.165, 1.54) is 24.1 Å². The van der Waals surface area contributed by atoms with Crippen molar-refractivity contribution >= 4 is 11.3 Å². The van der Waals surface area contributed by atoms with E-state index in [0.717, 1.165) is 6.42 Å². The molecule has 2 aromatic rings. The van der Waals surface area contributed by atoms with Gasteiger partial charge >= 0.3 is 0 Å². The summed E-state index contributed by atoms with van der Waals surface area (Å²) in [6.07, 6.45) is 7.37. The zero-order valence-electron chi connectivity index (χ0n) is 10.2. The van der Waals surface area contributed by atoms with Crippen molar-refractivity contribution in [1.82, 2.24) is 9.55 Å². The lowest BCUT2D eigenvalue weighted by molar-refractivity contribution is 0.461. The number of hydrogen-bond acceptors (Lipinski definition) is 3. The molecule has 3 nitrogen and oxygen atoms in total. The molecule has 1 atom stereocenters. The molecule has 0 saturated heterocycles. The lowest BCUT2D eigenvalue weighted by Crippen LogP contribution is -2.19. The monoisotopic (exact) mass is 249 g/mol. The Bertz CT molecular complexity index is 433. The molecule has 0 bridgehead atoms. The van der Waals surface area contributed by atoms with Crippen LogP contribution in [0.4, 0.5) is 0 Å². The van der Waals surface area contributed by atoms with Crippen LogP contribution < -0.4 is 5.73 Å². The van der Waals surface area contributed by atoms with Gasteiger partial charge in [-0.15, -0.1) is 0 Å². The first-order chi connectivity index (χ1) is 8.36. The zero-order valence-corrected chi connectivity index (χ0v) is 11.0. The second-order valence-electron chi connectivity index (χ2n) is 4.23. The van der Waals surface area contributed by atoms with Crippen molar-refractivity contribution in [3.63, 3.8) is 0 Å². The molecule has 0 fully saturated rings. The highest BCUT2D eigenvalue weighted by Crippen LogP contribution is 2.26. The fourth-order valence-corrected chi connectivity index (χ4v) is 2.69. The van der Waals surface area contributed by atoms with Crippen molar-refractivity contribution < 1.29 is 0 Å². The first-order valence-electron chi connectivity index (χ1n) is 6.11. The fraction of sp³-hybridized carbons (Fsp3) is 0.462. The summed E-state index contributed by atoms with van der Waals surface area (Å²) in [5, 5.41) is 4.25. The maximum atomic E-state index is 5.88. The van der Waals surface area contributed by atoms with Crippen molar-refractivity contribution in [1.29, 1.82) is 0 Å². The van der Waals surface area contributed by atoms with Gasteiger partial charge in [-0.3, -0.25) is 0 Å². The first-order valence-corrected chi connectivity index (χ1v) is 7.05. The SMILES string of the molecule is CCCCC(CN)n1cncc1-c1ccsc1. The highest BCUT2D eigenvalue weighted by atomic mass is 32.1. The molecule has 92 valence electrons. The molecule has 0 aliphatic carbocycles. The lowest BCUT2D eigenvalue weighted by Gasteiger charge is -2.18. The quantitative estimate of drug-likeness (QED) is 0.853. The molecule has 0 aromatic carbocycles. The number of unbranched alkanes of at least 4 members (excludes halogenated alkanes) is 1. The minimum atomic E-state index is 0.368. The molecule has 0 amide bonds. The van der Waals surface area contributed by atoms with E-state index in [2.05, 4.69) is 33.3 Å². The molecule has 0 aliphatic rings. The van der Waals surface area contributed by atoms with E-state index in [4.69, 9.17) is 5.73 Å². The van der Waals surface area contributed by atoms with E-state index in [1.807, 2.05) is 12.5 Å². The standard InChI is InChI=1S/C13H19N3S/c1-2-3-4-12(7-14)16-10-15-8-13(16)11-5-6-17-9-11/h5-6,8-10,12H,2-4,7,14H2,1H3. The Balaban J connectivity index is 2.23. The molecule has 4 heteroatoms. The first kappa shape index (κ1) is 12.3. The predicted molar refractivity (Wildman–Crippen MR) is 73.2 cm³/mol. The van der Waals surface area contributed by atoms with Gasteiger partial charge in [0.25, 0.3) is 0 Å². The third-order valence-electron chi connectivity index (χ3n) is 3.04. The van der Waals surface area contributed by atoms with Crippen molar-refractivity contribution in [2.24, 2.45) is 5.73 Å². The Hall–Kier alpha value is -1.13. The summed E-state index contributed by atoms with van der Waals surface area (Å²) in [6.45, 7) is 2.88. The largest absolute Gasteiger partial charge is 0.328 e. The molecule has 0 radical (unpaired) electrons. The average molecular weight is 249 g/mol. The van der Waals surface area contributed by atoms with Crippen LogP contribution in [0.2, 0.25) is 0 Å². The molecule has 1 unspecified atom stereocenters. The van der Waals surface area contributed by atoms with Gasteiger partial charge in [0.15, 0.2) is 0 Å². The maximum Gasteiger partial charge on any atom is 0.0954 e. The van der Waals surface area contributed by atoms with Gasteiger partial charge in [0, 0.05) is 23.5 Å². The van der Waals surface area contributed by atoms with Crippen LogP contribution in [0.25, 0.3) is 11.3 Å². The molecule has 2 heterocycles. The lowest BCUT2D eigenvalue weighted by atomic mass is 10.1. The Morgan fingerprint density at radius 1 is 1.53 bits per heavy atom. The van der Waals surface area contributed by atoms with Gasteiger partial charge in [-0.1, -0.05) is 19.8 Å². The van der Waals surface area contributed by atoms with Crippen molar-refractivity contribution in [3.8, 4) is 11.3 Å². The molecule has 2 aromatic heterocycles. The topological polar surface area (TPSA) is 43.8 Å². The average Bonchev–Trinajstić information content (AvgIpc) is 3.00. The fourth-order valence-electron chi connectivity index (χ4n) is 2.04. The number of hydrogen-bond donors (Lipinski definition) is 1. The Morgan fingerprint density at radius 2 is 2.41 bits per heavy atom. The van der Waals surface area contributed by atoms with Crippen LogP contribution in [0, 0.1) is 0 Å². The summed E-state index contributed by atoms with van der Waals surface area (Å²) in [5.74, 6) is 0. The minimum Gasteiger partial charge on any atom is -0.328 e. The molecular weight excluding hydrogens is 230 g/mol. The Kier molecular flexibility index (Phi) is 4.34. The van der Waals surface area contributed by atoms with Crippen molar-refractivity contribution in [2.75, 3.05) is 6.54 Å². The van der Waals surface area contributed by atoms with Crippen LogP contribution in [0.1, 0.15) is 32.2 Å². The van der Waals surface area contributed by atoms with Gasteiger partial charge < -0.3 is 10.3 Å². The number of rotatable bonds is 6. The molecule has 0 saturated carbocycles. The van der Waals surface area contributed by atoms with Crippen LogP contribution in [-0.4, -0.2) is 16.1 Å². The smallest absolute Gasteiger partial charge is 0.0954 e. The van der Waals surface area contributed by atoms with E-state index < -0.39 is 0 Å².